The molecule has 1 aromatic rings. The first-order valence-corrected chi connectivity index (χ1v) is 7.54. The van der Waals surface area contributed by atoms with E-state index in [1.807, 2.05) is 0 Å². The van der Waals surface area contributed by atoms with Gasteiger partial charge in [-0.25, -0.2) is 4.39 Å². The molecule has 1 heterocycles. The van der Waals surface area contributed by atoms with Gasteiger partial charge in [-0.15, -0.1) is 0 Å². The number of nitrogens with zero attached hydrogens (tertiary/aromatic N) is 1. The van der Waals surface area contributed by atoms with Crippen LogP contribution in [0.15, 0.2) is 18.2 Å². The zero-order valence-corrected chi connectivity index (χ0v) is 13.3. The first-order valence-electron chi connectivity index (χ1n) is 7.13. The average molecular weight is 294 g/mol. The quantitative estimate of drug-likeness (QED) is 0.843. The highest BCUT2D eigenvalue weighted by Crippen LogP contribution is 2.36. The van der Waals surface area contributed by atoms with E-state index in [0.717, 1.165) is 25.9 Å². The van der Waals surface area contributed by atoms with E-state index < -0.39 is 0 Å². The third kappa shape index (κ3) is 3.29. The van der Waals surface area contributed by atoms with Crippen molar-refractivity contribution in [1.82, 2.24) is 0 Å². The number of nitrogens with two attached hydrogens (primary N) is 1. The molecule has 20 heavy (non-hydrogen) atoms. The van der Waals surface area contributed by atoms with E-state index in [9.17, 15) is 4.39 Å². The number of hydrogen-bond acceptors (Lipinski definition) is 2. The van der Waals surface area contributed by atoms with Crippen molar-refractivity contribution in [1.29, 1.82) is 0 Å². The van der Waals surface area contributed by atoms with Gasteiger partial charge in [0.15, 0.2) is 0 Å². The number of thiocarbonyl (C=S) groups is 1. The summed E-state index contributed by atoms with van der Waals surface area (Å²) < 4.78 is 14.2. The van der Waals surface area contributed by atoms with Crippen molar-refractivity contribution in [3.05, 3.63) is 29.6 Å². The summed E-state index contributed by atoms with van der Waals surface area (Å²) in [6.07, 6.45) is 2.22. The monoisotopic (exact) mass is 294 g/mol. The Morgan fingerprint density at radius 3 is 2.35 bits per heavy atom. The zero-order chi connectivity index (χ0) is 14.9. The topological polar surface area (TPSA) is 29.3 Å². The van der Waals surface area contributed by atoms with E-state index in [0.29, 0.717) is 22.6 Å². The minimum absolute atomic E-state index is 0.232. The van der Waals surface area contributed by atoms with Crippen LogP contribution >= 0.6 is 12.2 Å². The molecule has 2 nitrogen and oxygen atoms in total. The van der Waals surface area contributed by atoms with Crippen LogP contribution in [0.2, 0.25) is 0 Å². The van der Waals surface area contributed by atoms with Crippen LogP contribution in [0.3, 0.4) is 0 Å². The van der Waals surface area contributed by atoms with E-state index in [-0.39, 0.29) is 10.8 Å². The van der Waals surface area contributed by atoms with Gasteiger partial charge in [0.2, 0.25) is 0 Å². The summed E-state index contributed by atoms with van der Waals surface area (Å²) in [6, 6.07) is 5.03. The largest absolute Gasteiger partial charge is 0.389 e. The smallest absolute Gasteiger partial charge is 0.147 e. The SMILES string of the molecule is CC(C)(C)C1CCN(c2ccc(C(N)=S)cc2F)CC1. The summed E-state index contributed by atoms with van der Waals surface area (Å²) in [7, 11) is 0. The summed E-state index contributed by atoms with van der Waals surface area (Å²) in [5.41, 5.74) is 7.11. The van der Waals surface area contributed by atoms with Crippen LogP contribution in [0, 0.1) is 17.2 Å². The average Bonchev–Trinajstić information content (AvgIpc) is 2.37. The maximum absolute atomic E-state index is 14.2. The zero-order valence-electron chi connectivity index (χ0n) is 12.4. The molecule has 0 saturated carbocycles. The Bertz CT molecular complexity index is 500. The van der Waals surface area contributed by atoms with Gasteiger partial charge in [-0.3, -0.25) is 0 Å². The molecule has 2 rings (SSSR count). The molecule has 110 valence electrons. The van der Waals surface area contributed by atoms with E-state index in [2.05, 4.69) is 25.7 Å². The first-order chi connectivity index (χ1) is 9.29. The summed E-state index contributed by atoms with van der Waals surface area (Å²) in [4.78, 5) is 2.36. The molecule has 4 heteroatoms. The second-order valence-electron chi connectivity index (χ2n) is 6.66. The van der Waals surface area contributed by atoms with Crippen molar-refractivity contribution in [2.75, 3.05) is 18.0 Å². The predicted octanol–water partition coefficient (Wildman–Crippen LogP) is 3.72. The highest BCUT2D eigenvalue weighted by atomic mass is 32.1. The number of halogens is 1. The molecule has 0 unspecified atom stereocenters. The second-order valence-corrected chi connectivity index (χ2v) is 7.10. The lowest BCUT2D eigenvalue weighted by Gasteiger charge is -2.39. The molecule has 0 spiro atoms. The molecule has 1 aliphatic rings. The molecule has 1 saturated heterocycles. The molecular formula is C16H23FN2S. The van der Waals surface area contributed by atoms with Crippen molar-refractivity contribution < 1.29 is 4.39 Å². The lowest BCUT2D eigenvalue weighted by atomic mass is 9.75. The summed E-state index contributed by atoms with van der Waals surface area (Å²) in [5, 5.41) is 0. The lowest BCUT2D eigenvalue weighted by molar-refractivity contribution is 0.198. The molecule has 2 N–H and O–H groups in total. The van der Waals surface area contributed by atoms with Crippen molar-refractivity contribution >= 4 is 22.9 Å². The standard InChI is InChI=1S/C16H23FN2S/c1-16(2,3)12-6-8-19(9-7-12)14-5-4-11(15(18)20)10-13(14)17/h4-5,10,12H,6-9H2,1-3H3,(H2,18,20). The number of hydrogen-bond donors (Lipinski definition) is 1. The van der Waals surface area contributed by atoms with Gasteiger partial charge in [0.25, 0.3) is 0 Å². The molecule has 1 fully saturated rings. The minimum atomic E-state index is -0.232. The van der Waals surface area contributed by atoms with Gasteiger partial charge < -0.3 is 10.6 Å². The Hall–Kier alpha value is -1.16. The number of anilines is 1. The van der Waals surface area contributed by atoms with Gasteiger partial charge >= 0.3 is 0 Å². The Kier molecular flexibility index (Phi) is 4.33. The van der Waals surface area contributed by atoms with Crippen LogP contribution in [0.1, 0.15) is 39.2 Å². The Morgan fingerprint density at radius 1 is 1.30 bits per heavy atom. The maximum atomic E-state index is 14.2. The molecule has 0 aromatic heterocycles. The van der Waals surface area contributed by atoms with Gasteiger partial charge in [-0.1, -0.05) is 33.0 Å². The fourth-order valence-electron chi connectivity index (χ4n) is 2.90. The van der Waals surface area contributed by atoms with Crippen molar-refractivity contribution in [2.45, 2.75) is 33.6 Å². The van der Waals surface area contributed by atoms with Crippen molar-refractivity contribution in [3.63, 3.8) is 0 Å². The number of piperidine rings is 1. The molecule has 0 radical (unpaired) electrons. The Morgan fingerprint density at radius 2 is 1.90 bits per heavy atom. The van der Waals surface area contributed by atoms with Crippen LogP contribution in [-0.2, 0) is 0 Å². The fourth-order valence-corrected chi connectivity index (χ4v) is 3.03. The molecule has 0 atom stereocenters. The minimum Gasteiger partial charge on any atom is -0.389 e. The predicted molar refractivity (Wildman–Crippen MR) is 86.7 cm³/mol. The van der Waals surface area contributed by atoms with Gasteiger partial charge in [0.1, 0.15) is 10.8 Å². The highest BCUT2D eigenvalue weighted by molar-refractivity contribution is 7.80. The second kappa shape index (κ2) is 5.68. The van der Waals surface area contributed by atoms with Crippen molar-refractivity contribution in [2.24, 2.45) is 17.1 Å². The summed E-state index contributed by atoms with van der Waals surface area (Å²) in [5.74, 6) is 0.474. The molecular weight excluding hydrogens is 271 g/mol. The Labute approximate surface area is 126 Å². The third-order valence-corrected chi connectivity index (χ3v) is 4.53. The van der Waals surface area contributed by atoms with E-state index in [4.69, 9.17) is 18.0 Å². The van der Waals surface area contributed by atoms with Gasteiger partial charge in [-0.2, -0.15) is 0 Å². The fraction of sp³-hybridized carbons (Fsp3) is 0.562. The first kappa shape index (κ1) is 15.2. The number of benzene rings is 1. The van der Waals surface area contributed by atoms with Crippen LogP contribution in [0.4, 0.5) is 10.1 Å². The lowest BCUT2D eigenvalue weighted by Crippen LogP contribution is -2.38. The number of rotatable bonds is 2. The van der Waals surface area contributed by atoms with Gasteiger partial charge in [0.05, 0.1) is 5.69 Å². The molecule has 1 aromatic carbocycles. The van der Waals surface area contributed by atoms with E-state index in [1.165, 1.54) is 6.07 Å². The van der Waals surface area contributed by atoms with Crippen LogP contribution in [0.25, 0.3) is 0 Å². The molecule has 0 amide bonds. The van der Waals surface area contributed by atoms with Gasteiger partial charge in [0, 0.05) is 18.7 Å². The molecule has 0 bridgehead atoms. The van der Waals surface area contributed by atoms with Crippen LogP contribution in [-0.4, -0.2) is 18.1 Å². The summed E-state index contributed by atoms with van der Waals surface area (Å²) >= 11 is 4.88. The Balaban J connectivity index is 2.09. The van der Waals surface area contributed by atoms with Gasteiger partial charge in [-0.05, 0) is 42.4 Å². The van der Waals surface area contributed by atoms with E-state index >= 15 is 0 Å². The normalized spacial score (nSPS) is 17.3. The molecule has 1 aliphatic heterocycles. The van der Waals surface area contributed by atoms with E-state index in [1.54, 1.807) is 12.1 Å². The van der Waals surface area contributed by atoms with Crippen LogP contribution in [0.5, 0.6) is 0 Å². The highest BCUT2D eigenvalue weighted by Gasteiger charge is 2.29. The van der Waals surface area contributed by atoms with Crippen LogP contribution < -0.4 is 10.6 Å². The molecule has 0 aliphatic carbocycles. The summed E-state index contributed by atoms with van der Waals surface area (Å²) in [6.45, 7) is 8.66. The third-order valence-electron chi connectivity index (χ3n) is 4.29. The maximum Gasteiger partial charge on any atom is 0.147 e. The van der Waals surface area contributed by atoms with Crippen molar-refractivity contribution in [3.8, 4) is 0 Å².